The van der Waals surface area contributed by atoms with Crippen molar-refractivity contribution in [2.45, 2.75) is 31.4 Å². The number of amides is 1. The van der Waals surface area contributed by atoms with Gasteiger partial charge in [0.05, 0.1) is 12.3 Å². The van der Waals surface area contributed by atoms with E-state index in [1.807, 2.05) is 0 Å². The van der Waals surface area contributed by atoms with Gasteiger partial charge in [0.1, 0.15) is 5.25 Å². The lowest BCUT2D eigenvalue weighted by Crippen LogP contribution is -2.48. The molecule has 0 aromatic rings. The number of carbonyl (C=O) groups is 1. The van der Waals surface area contributed by atoms with Crippen LogP contribution >= 0.6 is 0 Å². The number of sulfone groups is 1. The Morgan fingerprint density at radius 1 is 1.50 bits per heavy atom. The van der Waals surface area contributed by atoms with Crippen LogP contribution in [0.25, 0.3) is 0 Å². The van der Waals surface area contributed by atoms with E-state index in [9.17, 15) is 13.2 Å². The fraction of sp³-hybridized carbons (Fsp3) is 0.800. The maximum atomic E-state index is 12.2. The molecular weight excluding hydrogens is 258 g/mol. The second kappa shape index (κ2) is 6.03. The number of amidine groups is 1. The van der Waals surface area contributed by atoms with Gasteiger partial charge in [-0.1, -0.05) is 11.6 Å². The van der Waals surface area contributed by atoms with E-state index in [1.165, 1.54) is 4.90 Å². The molecule has 7 nitrogen and oxygen atoms in total. The van der Waals surface area contributed by atoms with Crippen LogP contribution in [0.4, 0.5) is 0 Å². The van der Waals surface area contributed by atoms with E-state index in [2.05, 4.69) is 5.16 Å². The average molecular weight is 277 g/mol. The lowest BCUT2D eigenvalue weighted by Gasteiger charge is -2.27. The molecule has 0 aromatic carbocycles. The highest BCUT2D eigenvalue weighted by Crippen LogP contribution is 2.21. The fourth-order valence-electron chi connectivity index (χ4n) is 2.01. The number of nitrogens with two attached hydrogens (primary N) is 1. The lowest BCUT2D eigenvalue weighted by atomic mass is 10.1. The molecule has 1 unspecified atom stereocenters. The molecule has 1 heterocycles. The van der Waals surface area contributed by atoms with Gasteiger partial charge in [0.2, 0.25) is 5.91 Å². The van der Waals surface area contributed by atoms with Crippen molar-refractivity contribution in [1.29, 1.82) is 0 Å². The topological polar surface area (TPSA) is 113 Å². The van der Waals surface area contributed by atoms with Crippen LogP contribution in [0, 0.1) is 0 Å². The molecule has 1 rings (SSSR count). The molecule has 1 aliphatic heterocycles. The predicted molar refractivity (Wildman–Crippen MR) is 67.1 cm³/mol. The zero-order chi connectivity index (χ0) is 13.8. The molecule has 8 heteroatoms. The van der Waals surface area contributed by atoms with Crippen LogP contribution < -0.4 is 5.73 Å². The van der Waals surface area contributed by atoms with Crippen LogP contribution in [-0.4, -0.2) is 54.4 Å². The van der Waals surface area contributed by atoms with Gasteiger partial charge in [-0.3, -0.25) is 4.79 Å². The van der Waals surface area contributed by atoms with Crippen molar-refractivity contribution >= 4 is 21.6 Å². The van der Waals surface area contributed by atoms with Gasteiger partial charge in [-0.05, 0) is 19.8 Å². The molecule has 0 radical (unpaired) electrons. The number of nitrogens with zero attached hydrogens (tertiary/aromatic N) is 2. The maximum Gasteiger partial charge on any atom is 0.241 e. The quantitative estimate of drug-likeness (QED) is 0.313. The number of likely N-dealkylation sites (N-methyl/N-ethyl adjacent to an activating group) is 1. The minimum atomic E-state index is -3.35. The first-order chi connectivity index (χ1) is 8.42. The molecule has 1 amide bonds. The largest absolute Gasteiger partial charge is 0.409 e. The van der Waals surface area contributed by atoms with E-state index in [4.69, 9.17) is 10.9 Å². The first-order valence-corrected chi connectivity index (χ1v) is 7.60. The van der Waals surface area contributed by atoms with Crippen molar-refractivity contribution in [1.82, 2.24) is 4.90 Å². The normalized spacial score (nSPS) is 23.6. The molecule has 1 saturated heterocycles. The number of hydrogen-bond donors (Lipinski definition) is 2. The molecule has 1 atom stereocenters. The van der Waals surface area contributed by atoms with E-state index in [0.29, 0.717) is 19.4 Å². The third-order valence-corrected chi connectivity index (χ3v) is 5.19. The maximum absolute atomic E-state index is 12.2. The number of oxime groups is 1. The van der Waals surface area contributed by atoms with E-state index < -0.39 is 21.0 Å². The highest BCUT2D eigenvalue weighted by atomic mass is 32.2. The van der Waals surface area contributed by atoms with Crippen LogP contribution in [0.15, 0.2) is 5.16 Å². The Hall–Kier alpha value is -1.31. The summed E-state index contributed by atoms with van der Waals surface area (Å²) in [4.78, 5) is 13.4. The molecule has 104 valence electrons. The Bertz CT molecular complexity index is 432. The van der Waals surface area contributed by atoms with Crippen LogP contribution in [0.3, 0.4) is 0 Å². The van der Waals surface area contributed by atoms with Gasteiger partial charge in [-0.25, -0.2) is 8.42 Å². The van der Waals surface area contributed by atoms with Crippen molar-refractivity contribution < 1.29 is 18.4 Å². The minimum absolute atomic E-state index is 0.0577. The third-order valence-electron chi connectivity index (χ3n) is 3.03. The standard InChI is InChI=1S/C10H19N3O4S/c1-2-13(7-9(11)12-15)10(14)8-5-3-4-6-18(8,16)17/h8,15H,2-7H2,1H3,(H2,11,12). The van der Waals surface area contributed by atoms with Crippen molar-refractivity contribution in [2.75, 3.05) is 18.8 Å². The minimum Gasteiger partial charge on any atom is -0.409 e. The Kier molecular flexibility index (Phi) is 4.94. The highest BCUT2D eigenvalue weighted by molar-refractivity contribution is 7.92. The van der Waals surface area contributed by atoms with Gasteiger partial charge in [0, 0.05) is 6.54 Å². The summed E-state index contributed by atoms with van der Waals surface area (Å²) < 4.78 is 23.7. The highest BCUT2D eigenvalue weighted by Gasteiger charge is 2.37. The SMILES string of the molecule is CCN(CC(N)=NO)C(=O)C1CCCCS1(=O)=O. The van der Waals surface area contributed by atoms with Gasteiger partial charge in [0.15, 0.2) is 15.7 Å². The first-order valence-electron chi connectivity index (χ1n) is 5.89. The molecule has 0 bridgehead atoms. The van der Waals surface area contributed by atoms with Crippen LogP contribution in [0.5, 0.6) is 0 Å². The number of rotatable bonds is 4. The van der Waals surface area contributed by atoms with Crippen LogP contribution in [0.1, 0.15) is 26.2 Å². The lowest BCUT2D eigenvalue weighted by molar-refractivity contribution is -0.130. The molecule has 0 saturated carbocycles. The Morgan fingerprint density at radius 2 is 2.17 bits per heavy atom. The summed E-state index contributed by atoms with van der Waals surface area (Å²) >= 11 is 0. The van der Waals surface area contributed by atoms with E-state index in [1.54, 1.807) is 6.92 Å². The molecule has 0 aliphatic carbocycles. The number of carbonyl (C=O) groups excluding carboxylic acids is 1. The molecule has 0 spiro atoms. The van der Waals surface area contributed by atoms with E-state index in [-0.39, 0.29) is 18.1 Å². The second-order valence-electron chi connectivity index (χ2n) is 4.30. The Labute approximate surface area is 107 Å². The second-order valence-corrected chi connectivity index (χ2v) is 6.60. The third kappa shape index (κ3) is 3.34. The van der Waals surface area contributed by atoms with Crippen molar-refractivity contribution in [3.8, 4) is 0 Å². The Balaban J connectivity index is 2.83. The fourth-order valence-corrected chi connectivity index (χ4v) is 3.88. The Morgan fingerprint density at radius 3 is 2.67 bits per heavy atom. The zero-order valence-electron chi connectivity index (χ0n) is 10.4. The van der Waals surface area contributed by atoms with Crippen LogP contribution in [0.2, 0.25) is 0 Å². The molecule has 1 aliphatic rings. The molecule has 1 fully saturated rings. The summed E-state index contributed by atoms with van der Waals surface area (Å²) in [6.07, 6.45) is 1.70. The predicted octanol–water partition coefficient (Wildman–Crippen LogP) is -0.451. The van der Waals surface area contributed by atoms with Gasteiger partial charge in [-0.15, -0.1) is 0 Å². The van der Waals surface area contributed by atoms with Gasteiger partial charge in [-0.2, -0.15) is 0 Å². The van der Waals surface area contributed by atoms with Crippen LogP contribution in [-0.2, 0) is 14.6 Å². The monoisotopic (exact) mass is 277 g/mol. The van der Waals surface area contributed by atoms with Gasteiger partial charge >= 0.3 is 0 Å². The summed E-state index contributed by atoms with van der Waals surface area (Å²) in [6.45, 7) is 1.98. The summed E-state index contributed by atoms with van der Waals surface area (Å²) in [5.74, 6) is -0.507. The van der Waals surface area contributed by atoms with E-state index in [0.717, 1.165) is 6.42 Å². The van der Waals surface area contributed by atoms with Gasteiger partial charge < -0.3 is 15.8 Å². The summed E-state index contributed by atoms with van der Waals surface area (Å²) in [5.41, 5.74) is 5.34. The molecule has 3 N–H and O–H groups in total. The summed E-state index contributed by atoms with van der Waals surface area (Å²) in [5, 5.41) is 10.3. The number of hydrogen-bond acceptors (Lipinski definition) is 5. The van der Waals surface area contributed by atoms with Crippen molar-refractivity contribution in [3.63, 3.8) is 0 Å². The summed E-state index contributed by atoms with van der Waals surface area (Å²) in [6, 6.07) is 0. The average Bonchev–Trinajstić information content (AvgIpc) is 2.34. The van der Waals surface area contributed by atoms with E-state index >= 15 is 0 Å². The van der Waals surface area contributed by atoms with Crippen molar-refractivity contribution in [3.05, 3.63) is 0 Å². The molecule has 0 aromatic heterocycles. The van der Waals surface area contributed by atoms with Crippen molar-refractivity contribution in [2.24, 2.45) is 10.9 Å². The van der Waals surface area contributed by atoms with Gasteiger partial charge in [0.25, 0.3) is 0 Å². The smallest absolute Gasteiger partial charge is 0.241 e. The summed E-state index contributed by atoms with van der Waals surface area (Å²) in [7, 11) is -3.35. The zero-order valence-corrected chi connectivity index (χ0v) is 11.2. The first kappa shape index (κ1) is 14.7. The molecular formula is C10H19N3O4S. The molecule has 18 heavy (non-hydrogen) atoms.